The average molecular weight is 308 g/mol. The number of hydrogen-bond acceptors (Lipinski definition) is 1. The molecule has 4 atom stereocenters. The van der Waals surface area contributed by atoms with Gasteiger partial charge in [-0.15, -0.1) is 0 Å². The Labute approximate surface area is 140 Å². The van der Waals surface area contributed by atoms with Gasteiger partial charge >= 0.3 is 0 Å². The van der Waals surface area contributed by atoms with Crippen LogP contribution in [0, 0.1) is 22.7 Å². The van der Waals surface area contributed by atoms with E-state index in [0.717, 1.165) is 18.8 Å². The maximum absolute atomic E-state index is 11.7. The second-order valence-corrected chi connectivity index (χ2v) is 8.39. The smallest absolute Gasteiger partial charge is 0.156 e. The van der Waals surface area contributed by atoms with Gasteiger partial charge in [0.1, 0.15) is 0 Å². The summed E-state index contributed by atoms with van der Waals surface area (Å²) in [6, 6.07) is 0. The molecule has 0 aliphatic heterocycles. The molecule has 0 radical (unpaired) electrons. The molecule has 122 valence electrons. The summed E-state index contributed by atoms with van der Waals surface area (Å²) in [5.74, 6) is 1.79. The van der Waals surface area contributed by atoms with Crippen molar-refractivity contribution < 1.29 is 4.79 Å². The lowest BCUT2D eigenvalue weighted by Gasteiger charge is -2.48. The van der Waals surface area contributed by atoms with Crippen LogP contribution in [0.1, 0.15) is 59.3 Å². The molecule has 1 heteroatoms. The number of fused-ring (bicyclic) bond motifs is 4. The van der Waals surface area contributed by atoms with E-state index in [2.05, 4.69) is 45.1 Å². The van der Waals surface area contributed by atoms with E-state index in [4.69, 9.17) is 0 Å². The van der Waals surface area contributed by atoms with Crippen LogP contribution >= 0.6 is 0 Å². The average Bonchev–Trinajstić information content (AvgIpc) is 2.79. The fourth-order valence-electron chi connectivity index (χ4n) is 5.92. The van der Waals surface area contributed by atoms with Gasteiger partial charge in [0.05, 0.1) is 0 Å². The topological polar surface area (TPSA) is 17.1 Å². The van der Waals surface area contributed by atoms with E-state index in [-0.39, 0.29) is 10.8 Å². The van der Waals surface area contributed by atoms with Crippen LogP contribution in [0.15, 0.2) is 47.1 Å². The molecule has 1 unspecified atom stereocenters. The van der Waals surface area contributed by atoms with Gasteiger partial charge in [-0.2, -0.15) is 0 Å². The number of hydrogen-bond donors (Lipinski definition) is 0. The Morgan fingerprint density at radius 1 is 1.17 bits per heavy atom. The van der Waals surface area contributed by atoms with Crippen LogP contribution in [0.25, 0.3) is 0 Å². The summed E-state index contributed by atoms with van der Waals surface area (Å²) in [5, 5.41) is 0. The van der Waals surface area contributed by atoms with Crippen LogP contribution in [0.2, 0.25) is 0 Å². The molecule has 1 saturated carbocycles. The summed E-state index contributed by atoms with van der Waals surface area (Å²) >= 11 is 0. The van der Waals surface area contributed by atoms with Crippen LogP contribution in [0.5, 0.6) is 0 Å². The lowest BCUT2D eigenvalue weighted by molar-refractivity contribution is -0.114. The predicted molar refractivity (Wildman–Crippen MR) is 95.0 cm³/mol. The molecule has 4 aliphatic carbocycles. The highest BCUT2D eigenvalue weighted by molar-refractivity contribution is 5.93. The van der Waals surface area contributed by atoms with Gasteiger partial charge in [-0.1, -0.05) is 38.2 Å². The summed E-state index contributed by atoms with van der Waals surface area (Å²) in [7, 11) is 0. The van der Waals surface area contributed by atoms with E-state index < -0.39 is 0 Å². The second kappa shape index (κ2) is 5.06. The Balaban J connectivity index is 1.81. The fourth-order valence-corrected chi connectivity index (χ4v) is 5.92. The van der Waals surface area contributed by atoms with E-state index >= 15 is 0 Å². The highest BCUT2D eigenvalue weighted by Crippen LogP contribution is 2.64. The third kappa shape index (κ3) is 2.01. The first-order chi connectivity index (χ1) is 11.0. The molecule has 0 spiro atoms. The van der Waals surface area contributed by atoms with Gasteiger partial charge in [0.2, 0.25) is 0 Å². The largest absolute Gasteiger partial charge is 0.295 e. The van der Waals surface area contributed by atoms with Crippen LogP contribution < -0.4 is 0 Å². The Hall–Kier alpha value is -1.37. The SMILES string of the molecule is C/C=C/[C@@]1(C)CC[C@H]2C3CCC4=CC(=O)CCC4=C3C=C[C@@]21C. The van der Waals surface area contributed by atoms with E-state index in [9.17, 15) is 4.79 Å². The molecule has 0 aromatic heterocycles. The Kier molecular flexibility index (Phi) is 3.34. The highest BCUT2D eigenvalue weighted by Gasteiger charge is 2.56. The van der Waals surface area contributed by atoms with Crippen molar-refractivity contribution in [2.24, 2.45) is 22.7 Å². The van der Waals surface area contributed by atoms with Crippen molar-refractivity contribution in [3.05, 3.63) is 47.1 Å². The van der Waals surface area contributed by atoms with E-state index in [1.165, 1.54) is 30.4 Å². The van der Waals surface area contributed by atoms with Gasteiger partial charge in [0.15, 0.2) is 5.78 Å². The third-order valence-electron chi connectivity index (χ3n) is 7.42. The molecular formula is C22H28O. The predicted octanol–water partition coefficient (Wildman–Crippen LogP) is 5.55. The molecular weight excluding hydrogens is 280 g/mol. The minimum Gasteiger partial charge on any atom is -0.295 e. The first-order valence-corrected chi connectivity index (χ1v) is 9.28. The van der Waals surface area contributed by atoms with Gasteiger partial charge in [0, 0.05) is 6.42 Å². The zero-order valence-electron chi connectivity index (χ0n) is 14.7. The molecule has 0 N–H and O–H groups in total. The molecule has 1 nitrogen and oxygen atoms in total. The maximum Gasteiger partial charge on any atom is 0.156 e. The zero-order chi connectivity index (χ0) is 16.2. The summed E-state index contributed by atoms with van der Waals surface area (Å²) in [4.78, 5) is 11.7. The van der Waals surface area contributed by atoms with Gasteiger partial charge in [-0.25, -0.2) is 0 Å². The monoisotopic (exact) mass is 308 g/mol. The van der Waals surface area contributed by atoms with E-state index in [0.29, 0.717) is 18.1 Å². The standard InChI is InChI=1S/C22H28O/c1-4-11-21(2)12-10-20-19-7-5-15-14-16(23)6-8-17(15)18(19)9-13-22(20,21)3/h4,9,11,13-14,19-20H,5-8,10,12H2,1-3H3/b11-4+/t19?,20-,21-,22-/m0/s1. The lowest BCUT2D eigenvalue weighted by atomic mass is 9.55. The number of carbonyl (C=O) groups excluding carboxylic acids is 1. The van der Waals surface area contributed by atoms with Crippen molar-refractivity contribution in [3.8, 4) is 0 Å². The maximum atomic E-state index is 11.7. The molecule has 0 bridgehead atoms. The van der Waals surface area contributed by atoms with Crippen LogP contribution in [-0.4, -0.2) is 5.78 Å². The van der Waals surface area contributed by atoms with Crippen molar-refractivity contribution in [2.45, 2.75) is 59.3 Å². The number of carbonyl (C=O) groups is 1. The third-order valence-corrected chi connectivity index (χ3v) is 7.42. The summed E-state index contributed by atoms with van der Waals surface area (Å²) in [6.07, 6.45) is 18.2. The highest BCUT2D eigenvalue weighted by atomic mass is 16.1. The van der Waals surface area contributed by atoms with E-state index in [1.807, 2.05) is 6.08 Å². The quantitative estimate of drug-likeness (QED) is 0.580. The molecule has 0 amide bonds. The first-order valence-electron chi connectivity index (χ1n) is 9.28. The molecule has 4 rings (SSSR count). The number of ketones is 1. The minimum atomic E-state index is 0.278. The van der Waals surface area contributed by atoms with Gasteiger partial charge in [0.25, 0.3) is 0 Å². The molecule has 23 heavy (non-hydrogen) atoms. The number of rotatable bonds is 1. The molecule has 0 aromatic carbocycles. The normalized spacial score (nSPS) is 42.6. The minimum absolute atomic E-state index is 0.278. The molecule has 0 heterocycles. The Bertz CT molecular complexity index is 674. The Morgan fingerprint density at radius 2 is 2.00 bits per heavy atom. The first kappa shape index (κ1) is 15.2. The van der Waals surface area contributed by atoms with Crippen molar-refractivity contribution in [1.29, 1.82) is 0 Å². The summed E-state index contributed by atoms with van der Waals surface area (Å²) in [5.41, 5.74) is 4.99. The van der Waals surface area contributed by atoms with Gasteiger partial charge < -0.3 is 0 Å². The zero-order valence-corrected chi connectivity index (χ0v) is 14.7. The Morgan fingerprint density at radius 3 is 2.78 bits per heavy atom. The summed E-state index contributed by atoms with van der Waals surface area (Å²) in [6.45, 7) is 7.08. The van der Waals surface area contributed by atoms with Crippen molar-refractivity contribution in [3.63, 3.8) is 0 Å². The fraction of sp³-hybridized carbons (Fsp3) is 0.591. The van der Waals surface area contributed by atoms with Crippen LogP contribution in [-0.2, 0) is 4.79 Å². The van der Waals surface area contributed by atoms with Gasteiger partial charge in [-0.3, -0.25) is 4.79 Å². The van der Waals surface area contributed by atoms with Crippen molar-refractivity contribution in [2.75, 3.05) is 0 Å². The molecule has 0 saturated heterocycles. The molecule has 0 aromatic rings. The van der Waals surface area contributed by atoms with Crippen LogP contribution in [0.3, 0.4) is 0 Å². The van der Waals surface area contributed by atoms with Crippen molar-refractivity contribution >= 4 is 5.78 Å². The van der Waals surface area contributed by atoms with E-state index in [1.54, 1.807) is 5.57 Å². The second-order valence-electron chi connectivity index (χ2n) is 8.39. The van der Waals surface area contributed by atoms with Gasteiger partial charge in [-0.05, 0) is 84.5 Å². The summed E-state index contributed by atoms with van der Waals surface area (Å²) < 4.78 is 0. The van der Waals surface area contributed by atoms with Crippen molar-refractivity contribution in [1.82, 2.24) is 0 Å². The number of allylic oxidation sites excluding steroid dienone is 8. The lowest BCUT2D eigenvalue weighted by Crippen LogP contribution is -2.41. The molecule has 4 aliphatic rings. The molecule has 1 fully saturated rings. The van der Waals surface area contributed by atoms with Crippen LogP contribution in [0.4, 0.5) is 0 Å².